The number of hydrogen-bond acceptors (Lipinski definition) is 4. The Balaban J connectivity index is 1.95. The zero-order valence-corrected chi connectivity index (χ0v) is 15.3. The van der Waals surface area contributed by atoms with Crippen LogP contribution in [0.5, 0.6) is 0 Å². The summed E-state index contributed by atoms with van der Waals surface area (Å²) in [5, 5.41) is 13.3. The van der Waals surface area contributed by atoms with E-state index in [0.717, 1.165) is 29.6 Å². The molecule has 0 saturated carbocycles. The highest BCUT2D eigenvalue weighted by Gasteiger charge is 2.19. The van der Waals surface area contributed by atoms with E-state index in [4.69, 9.17) is 5.11 Å². The molecule has 7 nitrogen and oxygen atoms in total. The third-order valence-electron chi connectivity index (χ3n) is 3.83. The topological polar surface area (TPSA) is 101 Å². The molecule has 0 fully saturated rings. The summed E-state index contributed by atoms with van der Waals surface area (Å²) in [6.07, 6.45) is 0. The molecule has 3 rings (SSSR count). The van der Waals surface area contributed by atoms with E-state index in [-0.39, 0.29) is 10.6 Å². The number of aryl methyl sites for hydroxylation is 2. The summed E-state index contributed by atoms with van der Waals surface area (Å²) in [6, 6.07) is 11.1. The summed E-state index contributed by atoms with van der Waals surface area (Å²) >= 11 is 0. The third kappa shape index (κ3) is 3.82. The van der Waals surface area contributed by atoms with Crippen LogP contribution in [0.3, 0.4) is 0 Å². The molecule has 3 aromatic rings. The first kappa shape index (κ1) is 18.6. The number of nitrogens with zero attached hydrogens (tertiary/aromatic N) is 2. The van der Waals surface area contributed by atoms with Gasteiger partial charge in [-0.1, -0.05) is 6.07 Å². The van der Waals surface area contributed by atoms with Gasteiger partial charge in [-0.05, 0) is 56.3 Å². The lowest BCUT2D eigenvalue weighted by atomic mass is 10.2. The van der Waals surface area contributed by atoms with Gasteiger partial charge in [0, 0.05) is 5.69 Å². The fraction of sp³-hybridized carbons (Fsp3) is 0.111. The van der Waals surface area contributed by atoms with Crippen molar-refractivity contribution in [2.24, 2.45) is 0 Å². The van der Waals surface area contributed by atoms with Crippen LogP contribution in [0.1, 0.15) is 21.7 Å². The summed E-state index contributed by atoms with van der Waals surface area (Å²) in [7, 11) is -4.10. The smallest absolute Gasteiger partial charge is 0.338 e. The Bertz CT molecular complexity index is 1140. The van der Waals surface area contributed by atoms with Crippen molar-refractivity contribution in [1.82, 2.24) is 9.78 Å². The van der Waals surface area contributed by atoms with Crippen molar-refractivity contribution in [2.45, 2.75) is 18.7 Å². The van der Waals surface area contributed by atoms with Crippen LogP contribution in [-0.2, 0) is 10.0 Å². The molecule has 0 saturated heterocycles. The number of carbonyl (C=O) groups is 1. The van der Waals surface area contributed by atoms with Crippen LogP contribution in [0, 0.1) is 19.7 Å². The highest BCUT2D eigenvalue weighted by Crippen LogP contribution is 2.21. The molecule has 140 valence electrons. The Morgan fingerprint density at radius 1 is 1.15 bits per heavy atom. The van der Waals surface area contributed by atoms with Crippen molar-refractivity contribution in [3.8, 4) is 5.69 Å². The summed E-state index contributed by atoms with van der Waals surface area (Å²) in [6.45, 7) is 3.73. The number of nitrogens with one attached hydrogen (secondary N) is 1. The molecule has 0 aliphatic rings. The Morgan fingerprint density at radius 3 is 2.52 bits per heavy atom. The molecule has 9 heteroatoms. The van der Waals surface area contributed by atoms with E-state index in [1.54, 1.807) is 28.9 Å². The molecule has 1 heterocycles. The molecular weight excluding hydrogens is 373 g/mol. The van der Waals surface area contributed by atoms with E-state index in [2.05, 4.69) is 9.82 Å². The summed E-state index contributed by atoms with van der Waals surface area (Å²) in [5.74, 6) is -2.55. The maximum atomic E-state index is 13.5. The van der Waals surface area contributed by atoms with E-state index in [1.807, 2.05) is 19.9 Å². The number of rotatable bonds is 5. The first-order chi connectivity index (χ1) is 12.7. The largest absolute Gasteiger partial charge is 0.478 e. The van der Waals surface area contributed by atoms with Gasteiger partial charge < -0.3 is 5.11 Å². The molecular formula is C18H16FN3O4S. The molecule has 0 atom stereocenters. The van der Waals surface area contributed by atoms with Gasteiger partial charge in [0.1, 0.15) is 5.82 Å². The van der Waals surface area contributed by atoms with Crippen LogP contribution >= 0.6 is 0 Å². The fourth-order valence-corrected chi connectivity index (χ4v) is 3.72. The van der Waals surface area contributed by atoms with Gasteiger partial charge in [0.2, 0.25) is 0 Å². The number of sulfonamides is 1. The zero-order valence-electron chi connectivity index (χ0n) is 14.5. The van der Waals surface area contributed by atoms with Crippen molar-refractivity contribution in [2.75, 3.05) is 4.72 Å². The van der Waals surface area contributed by atoms with Gasteiger partial charge in [0.15, 0.2) is 0 Å². The molecule has 1 aromatic heterocycles. The quantitative estimate of drug-likeness (QED) is 0.698. The predicted octanol–water partition coefficient (Wildman–Crippen LogP) is 3.13. The van der Waals surface area contributed by atoms with Crippen molar-refractivity contribution in [3.05, 3.63) is 71.3 Å². The summed E-state index contributed by atoms with van der Waals surface area (Å²) in [4.78, 5) is 10.7. The number of aromatic nitrogens is 2. The van der Waals surface area contributed by atoms with Crippen molar-refractivity contribution in [1.29, 1.82) is 0 Å². The van der Waals surface area contributed by atoms with E-state index in [1.165, 1.54) is 0 Å². The van der Waals surface area contributed by atoms with Gasteiger partial charge in [0.05, 0.1) is 27.5 Å². The van der Waals surface area contributed by atoms with E-state index in [0.29, 0.717) is 5.69 Å². The second-order valence-corrected chi connectivity index (χ2v) is 7.62. The average molecular weight is 389 g/mol. The maximum absolute atomic E-state index is 13.5. The van der Waals surface area contributed by atoms with Gasteiger partial charge in [-0.3, -0.25) is 4.72 Å². The van der Waals surface area contributed by atoms with E-state index < -0.39 is 27.4 Å². The summed E-state index contributed by atoms with van der Waals surface area (Å²) < 4.78 is 42.7. The second-order valence-electron chi connectivity index (χ2n) is 5.94. The van der Waals surface area contributed by atoms with Crippen LogP contribution in [0.25, 0.3) is 5.69 Å². The third-order valence-corrected chi connectivity index (χ3v) is 5.21. The highest BCUT2D eigenvalue weighted by molar-refractivity contribution is 7.92. The summed E-state index contributed by atoms with van der Waals surface area (Å²) in [5.41, 5.74) is 1.92. The van der Waals surface area contributed by atoms with E-state index in [9.17, 15) is 17.6 Å². The normalized spacial score (nSPS) is 11.4. The number of carboxylic acids is 1. The Hall–Kier alpha value is -3.20. The molecule has 27 heavy (non-hydrogen) atoms. The van der Waals surface area contributed by atoms with Gasteiger partial charge in [-0.2, -0.15) is 5.10 Å². The Labute approximate surface area is 155 Å². The Morgan fingerprint density at radius 2 is 1.89 bits per heavy atom. The minimum atomic E-state index is -4.10. The number of carboxylic acid groups (broad SMARTS) is 1. The monoisotopic (exact) mass is 389 g/mol. The van der Waals surface area contributed by atoms with Gasteiger partial charge in [0.25, 0.3) is 10.0 Å². The molecule has 0 amide bonds. The maximum Gasteiger partial charge on any atom is 0.338 e. The van der Waals surface area contributed by atoms with Crippen LogP contribution < -0.4 is 4.72 Å². The van der Waals surface area contributed by atoms with E-state index >= 15 is 0 Å². The van der Waals surface area contributed by atoms with Gasteiger partial charge >= 0.3 is 5.97 Å². The minimum Gasteiger partial charge on any atom is -0.478 e. The van der Waals surface area contributed by atoms with Crippen LogP contribution in [-0.4, -0.2) is 29.3 Å². The minimum absolute atomic E-state index is 0.265. The lowest BCUT2D eigenvalue weighted by molar-refractivity contribution is 0.0691. The highest BCUT2D eigenvalue weighted by atomic mass is 32.2. The molecule has 0 aliphatic heterocycles. The lowest BCUT2D eigenvalue weighted by Gasteiger charge is -2.11. The van der Waals surface area contributed by atoms with Crippen LogP contribution in [0.4, 0.5) is 10.1 Å². The van der Waals surface area contributed by atoms with Crippen molar-refractivity contribution in [3.63, 3.8) is 0 Å². The molecule has 0 bridgehead atoms. The number of halogens is 1. The zero-order chi connectivity index (χ0) is 19.8. The van der Waals surface area contributed by atoms with Crippen LogP contribution in [0.2, 0.25) is 0 Å². The van der Waals surface area contributed by atoms with Crippen LogP contribution in [0.15, 0.2) is 53.4 Å². The van der Waals surface area contributed by atoms with Gasteiger partial charge in [-0.15, -0.1) is 0 Å². The van der Waals surface area contributed by atoms with Crippen molar-refractivity contribution < 1.29 is 22.7 Å². The number of hydrogen-bond donors (Lipinski definition) is 2. The molecule has 2 N–H and O–H groups in total. The molecule has 0 spiro atoms. The SMILES string of the molecule is Cc1cc(C)n(-c2cccc(NS(=O)(=O)c3ccc(F)c(C(=O)O)c3)c2)n1. The van der Waals surface area contributed by atoms with Gasteiger partial charge in [-0.25, -0.2) is 22.3 Å². The van der Waals surface area contributed by atoms with Crippen molar-refractivity contribution >= 4 is 21.7 Å². The number of aromatic carboxylic acids is 1. The number of benzene rings is 2. The predicted molar refractivity (Wildman–Crippen MR) is 97.2 cm³/mol. The lowest BCUT2D eigenvalue weighted by Crippen LogP contribution is -2.14. The molecule has 2 aromatic carbocycles. The average Bonchev–Trinajstić information content (AvgIpc) is 2.93. The first-order valence-corrected chi connectivity index (χ1v) is 9.35. The molecule has 0 unspecified atom stereocenters. The Kier molecular flexibility index (Phi) is 4.71. The standard InChI is InChI=1S/C18H16FN3O4S/c1-11-8-12(2)22(20-11)14-5-3-4-13(9-14)21-27(25,26)15-6-7-17(19)16(10-15)18(23)24/h3-10,21H,1-2H3,(H,23,24). The first-order valence-electron chi connectivity index (χ1n) is 7.87. The molecule has 0 radical (unpaired) electrons. The fourth-order valence-electron chi connectivity index (χ4n) is 2.64. The molecule has 0 aliphatic carbocycles. The number of anilines is 1. The second kappa shape index (κ2) is 6.84.